The van der Waals surface area contributed by atoms with Crippen molar-refractivity contribution >= 4 is 28.3 Å². The highest BCUT2D eigenvalue weighted by molar-refractivity contribution is 5.92. The largest absolute Gasteiger partial charge is 0.496 e. The number of fused-ring (bicyclic) bond motifs is 4. The van der Waals surface area contributed by atoms with Gasteiger partial charge in [0.2, 0.25) is 23.0 Å². The zero-order chi connectivity index (χ0) is 33.9. The van der Waals surface area contributed by atoms with Crippen molar-refractivity contribution in [3.8, 4) is 34.1 Å². The number of carbonyl (C=O) groups excluding carboxylic acids is 2. The molecule has 0 aromatic heterocycles. The lowest BCUT2D eigenvalue weighted by Crippen LogP contribution is -2.35. The summed E-state index contributed by atoms with van der Waals surface area (Å²) in [7, 11) is 6.34. The van der Waals surface area contributed by atoms with Gasteiger partial charge in [0, 0.05) is 24.4 Å². The number of methoxy groups -OCH3 is 4. The van der Waals surface area contributed by atoms with Gasteiger partial charge in [0.25, 0.3) is 0 Å². The zero-order valence-electron chi connectivity index (χ0n) is 28.0. The Labute approximate surface area is 279 Å². The Morgan fingerprint density at radius 3 is 2.29 bits per heavy atom. The Balaban J connectivity index is 1.34. The molecule has 1 aliphatic carbocycles. The molecule has 1 aliphatic heterocycles. The fourth-order valence-corrected chi connectivity index (χ4v) is 7.28. The second kappa shape index (κ2) is 13.9. The molecule has 0 bridgehead atoms. The van der Waals surface area contributed by atoms with Gasteiger partial charge >= 0.3 is 0 Å². The van der Waals surface area contributed by atoms with E-state index in [1.165, 1.54) is 6.92 Å². The molecule has 6 rings (SSSR count). The molecule has 2 atom stereocenters. The highest BCUT2D eigenvalue weighted by atomic mass is 16.5. The molecule has 0 radical (unpaired) electrons. The standard InChI is InChI=1S/C38H41N3O7/c1-22(42)40-29-15-12-23-19-34(46-3)37(47-4)38(48-5)36(23)27-13-16-30(32(43)20-28(27)29)39-21-35(44)41-18-8-11-31(41)25-14-17-33(45-2)26-10-7-6-9-24(25)26/h6-7,9-10,13-14,16-17,19-20,29,31H,8,11-12,15,18,21H2,1-5H3,(H,39,43)(H,40,42). The zero-order valence-corrected chi connectivity index (χ0v) is 28.0. The Hall–Kier alpha value is -5.25. The number of amides is 2. The van der Waals surface area contributed by atoms with Crippen molar-refractivity contribution in [1.82, 2.24) is 10.2 Å². The van der Waals surface area contributed by atoms with Crippen LogP contribution in [0, 0.1) is 0 Å². The number of rotatable bonds is 9. The lowest BCUT2D eigenvalue weighted by Gasteiger charge is -2.27. The number of ether oxygens (including phenoxy) is 4. The van der Waals surface area contributed by atoms with E-state index < -0.39 is 6.04 Å². The van der Waals surface area contributed by atoms with Crippen molar-refractivity contribution < 1.29 is 28.5 Å². The molecule has 2 amide bonds. The molecule has 1 saturated heterocycles. The third kappa shape index (κ3) is 5.98. The summed E-state index contributed by atoms with van der Waals surface area (Å²) in [5.41, 5.74) is 4.16. The summed E-state index contributed by atoms with van der Waals surface area (Å²) in [6.45, 7) is 2.05. The average Bonchev–Trinajstić information content (AvgIpc) is 3.47. The summed E-state index contributed by atoms with van der Waals surface area (Å²) >= 11 is 0. The fourth-order valence-electron chi connectivity index (χ4n) is 7.28. The van der Waals surface area contributed by atoms with Crippen LogP contribution >= 0.6 is 0 Å². The first-order chi connectivity index (χ1) is 23.3. The third-order valence-electron chi connectivity index (χ3n) is 9.42. The highest BCUT2D eigenvalue weighted by Gasteiger charge is 2.32. The number of anilines is 1. The van der Waals surface area contributed by atoms with Crippen LogP contribution in [0.4, 0.5) is 5.69 Å². The van der Waals surface area contributed by atoms with Crippen LogP contribution in [0.2, 0.25) is 0 Å². The minimum Gasteiger partial charge on any atom is -0.496 e. The number of nitrogens with one attached hydrogen (secondary N) is 2. The maximum atomic E-state index is 13.8. The number of hydrogen-bond acceptors (Lipinski definition) is 8. The third-order valence-corrected chi connectivity index (χ3v) is 9.42. The molecule has 4 aromatic rings. The molecular weight excluding hydrogens is 610 g/mol. The molecule has 2 N–H and O–H groups in total. The smallest absolute Gasteiger partial charge is 0.242 e. The number of nitrogens with zero attached hydrogens (tertiary/aromatic N) is 1. The van der Waals surface area contributed by atoms with Crippen LogP contribution in [0.5, 0.6) is 23.0 Å². The van der Waals surface area contributed by atoms with Gasteiger partial charge < -0.3 is 34.5 Å². The summed E-state index contributed by atoms with van der Waals surface area (Å²) in [6, 6.07) is 18.6. The topological polar surface area (TPSA) is 115 Å². The minimum atomic E-state index is -0.425. The van der Waals surface area contributed by atoms with E-state index in [0.29, 0.717) is 42.2 Å². The van der Waals surface area contributed by atoms with Crippen molar-refractivity contribution in [3.05, 3.63) is 87.6 Å². The van der Waals surface area contributed by atoms with Gasteiger partial charge in [-0.15, -0.1) is 0 Å². The quantitative estimate of drug-likeness (QED) is 0.233. The van der Waals surface area contributed by atoms with E-state index in [4.69, 9.17) is 18.9 Å². The summed E-state index contributed by atoms with van der Waals surface area (Å²) < 4.78 is 22.8. The van der Waals surface area contributed by atoms with E-state index in [1.807, 2.05) is 47.4 Å². The number of benzene rings is 3. The van der Waals surface area contributed by atoms with E-state index in [1.54, 1.807) is 40.6 Å². The molecule has 10 heteroatoms. The average molecular weight is 652 g/mol. The molecule has 1 fully saturated rings. The van der Waals surface area contributed by atoms with Gasteiger partial charge in [-0.1, -0.05) is 36.4 Å². The lowest BCUT2D eigenvalue weighted by molar-refractivity contribution is -0.130. The summed E-state index contributed by atoms with van der Waals surface area (Å²) in [4.78, 5) is 41.7. The molecule has 48 heavy (non-hydrogen) atoms. The first kappa shape index (κ1) is 32.7. The van der Waals surface area contributed by atoms with Gasteiger partial charge in [-0.3, -0.25) is 14.4 Å². The van der Waals surface area contributed by atoms with Crippen LogP contribution in [0.1, 0.15) is 55.0 Å². The molecule has 0 spiro atoms. The van der Waals surface area contributed by atoms with E-state index in [2.05, 4.69) is 16.7 Å². The second-order valence-electron chi connectivity index (χ2n) is 12.1. The summed E-state index contributed by atoms with van der Waals surface area (Å²) in [5.74, 6) is 1.94. The molecule has 2 aliphatic rings. The van der Waals surface area contributed by atoms with Crippen LogP contribution in [0.15, 0.2) is 65.5 Å². The van der Waals surface area contributed by atoms with Gasteiger partial charge in [-0.25, -0.2) is 0 Å². The summed E-state index contributed by atoms with van der Waals surface area (Å²) in [6.07, 6.45) is 2.89. The van der Waals surface area contributed by atoms with E-state index in [0.717, 1.165) is 51.6 Å². The molecule has 10 nitrogen and oxygen atoms in total. The van der Waals surface area contributed by atoms with Crippen molar-refractivity contribution in [2.75, 3.05) is 46.8 Å². The normalized spacial score (nSPS) is 16.7. The molecule has 1 heterocycles. The molecular formula is C38H41N3O7. The maximum Gasteiger partial charge on any atom is 0.242 e. The monoisotopic (exact) mass is 651 g/mol. The van der Waals surface area contributed by atoms with E-state index >= 15 is 0 Å². The van der Waals surface area contributed by atoms with Crippen molar-refractivity contribution in [2.45, 2.75) is 44.7 Å². The van der Waals surface area contributed by atoms with Crippen LogP contribution in [-0.2, 0) is 16.0 Å². The minimum absolute atomic E-state index is 0.0471. The fraction of sp³-hybridized carbons (Fsp3) is 0.342. The van der Waals surface area contributed by atoms with Gasteiger partial charge in [0.05, 0.1) is 52.8 Å². The van der Waals surface area contributed by atoms with Crippen molar-refractivity contribution in [2.24, 2.45) is 0 Å². The number of aryl methyl sites for hydroxylation is 1. The molecule has 0 saturated carbocycles. The van der Waals surface area contributed by atoms with E-state index in [-0.39, 0.29) is 35.5 Å². The van der Waals surface area contributed by atoms with E-state index in [9.17, 15) is 14.4 Å². The number of likely N-dealkylation sites (tertiary alicyclic amines) is 1. The highest BCUT2D eigenvalue weighted by Crippen LogP contribution is 2.50. The van der Waals surface area contributed by atoms with Crippen LogP contribution in [0.25, 0.3) is 21.9 Å². The number of hydrogen-bond donors (Lipinski definition) is 2. The lowest BCUT2D eigenvalue weighted by atomic mass is 9.95. The van der Waals surface area contributed by atoms with Gasteiger partial charge in [-0.05, 0) is 77.6 Å². The second-order valence-corrected chi connectivity index (χ2v) is 12.1. The van der Waals surface area contributed by atoms with Crippen molar-refractivity contribution in [1.29, 1.82) is 0 Å². The predicted molar refractivity (Wildman–Crippen MR) is 185 cm³/mol. The van der Waals surface area contributed by atoms with Crippen LogP contribution < -0.4 is 35.0 Å². The molecule has 4 aromatic carbocycles. The summed E-state index contributed by atoms with van der Waals surface area (Å²) in [5, 5.41) is 8.23. The van der Waals surface area contributed by atoms with Crippen LogP contribution in [-0.4, -0.2) is 58.2 Å². The number of carbonyl (C=O) groups is 2. The van der Waals surface area contributed by atoms with Gasteiger partial charge in [0.15, 0.2) is 11.5 Å². The van der Waals surface area contributed by atoms with Crippen molar-refractivity contribution in [3.63, 3.8) is 0 Å². The first-order valence-corrected chi connectivity index (χ1v) is 16.2. The maximum absolute atomic E-state index is 13.8. The van der Waals surface area contributed by atoms with Gasteiger partial charge in [-0.2, -0.15) is 0 Å². The predicted octanol–water partition coefficient (Wildman–Crippen LogP) is 5.80. The Morgan fingerprint density at radius 1 is 0.833 bits per heavy atom. The molecule has 2 unspecified atom stereocenters. The first-order valence-electron chi connectivity index (χ1n) is 16.2. The Bertz CT molecular complexity index is 1940. The Morgan fingerprint density at radius 2 is 1.58 bits per heavy atom. The SMILES string of the molecule is COc1cc2c(c(OC)c1OC)-c1ccc(NCC(=O)N3CCCC3c3ccc(OC)c4ccccc34)c(=O)cc1C(NC(C)=O)CC2. The van der Waals surface area contributed by atoms with Crippen LogP contribution in [0.3, 0.4) is 0 Å². The molecule has 250 valence electrons. The Kier molecular flexibility index (Phi) is 9.43. The van der Waals surface area contributed by atoms with Gasteiger partial charge in [0.1, 0.15) is 5.75 Å².